The normalized spacial score (nSPS) is 11.8. The summed E-state index contributed by atoms with van der Waals surface area (Å²) >= 11 is 0. The molecule has 0 radical (unpaired) electrons. The average Bonchev–Trinajstić information content (AvgIpc) is 3.98. The number of pyridine rings is 1. The summed E-state index contributed by atoms with van der Waals surface area (Å²) in [6, 6.07) is 84.3. The number of aromatic nitrogens is 4. The minimum Gasteiger partial charge on any atom is -0.510 e. The second-order valence-corrected chi connectivity index (χ2v) is 20.6. The second-order valence-electron chi connectivity index (χ2n) is 20.6. The van der Waals surface area contributed by atoms with E-state index in [1.165, 1.54) is 16.7 Å². The summed E-state index contributed by atoms with van der Waals surface area (Å²) in [7, 11) is 0. The van der Waals surface area contributed by atoms with Gasteiger partial charge in [-0.2, -0.15) is 18.2 Å². The minimum atomic E-state index is -0.146. The number of benzene rings is 9. The summed E-state index contributed by atoms with van der Waals surface area (Å²) in [5.74, 6) is 1.97. The van der Waals surface area contributed by atoms with Crippen LogP contribution in [0.4, 0.5) is 0 Å². The standard InChI is InChI=1S/C68H54N4O.Pt/c1-67(2,3)52-36-39-61-59(41-52)58-38-37-55(43-64(58)72(61)65-40-50(44-68(4,5)51-28-16-9-17-29-51)60(45-69-65)49-26-14-8-15-27-49)73-54-31-20-30-53(42-54)70-46-71(63-35-19-18-34-62(63)70)66-56(47-22-10-6-11-23-47)32-21-33-57(66)48-24-12-7-13-25-48;/h6-41,45H,44H2,1-5H3;/q-2;. The largest absolute Gasteiger partial charge is 0.510 e. The Balaban J connectivity index is 0.00000588. The first kappa shape index (κ1) is 48.2. The molecule has 0 amide bonds. The molecule has 0 spiro atoms. The Morgan fingerprint density at radius 1 is 0.514 bits per heavy atom. The van der Waals surface area contributed by atoms with Gasteiger partial charge in [-0.1, -0.05) is 216 Å². The molecule has 0 aliphatic rings. The van der Waals surface area contributed by atoms with E-state index in [2.05, 4.69) is 273 Å². The Bertz CT molecular complexity index is 3910. The molecule has 12 rings (SSSR count). The van der Waals surface area contributed by atoms with Crippen molar-refractivity contribution in [1.82, 2.24) is 14.1 Å². The van der Waals surface area contributed by atoms with Gasteiger partial charge in [0.2, 0.25) is 0 Å². The van der Waals surface area contributed by atoms with Crippen LogP contribution in [0.25, 0.3) is 83.4 Å². The predicted molar refractivity (Wildman–Crippen MR) is 298 cm³/mol. The number of para-hydroxylation sites is 3. The summed E-state index contributed by atoms with van der Waals surface area (Å²) in [4.78, 5) is 5.27. The van der Waals surface area contributed by atoms with Gasteiger partial charge in [-0.3, -0.25) is 4.57 Å². The van der Waals surface area contributed by atoms with E-state index in [4.69, 9.17) is 9.72 Å². The van der Waals surface area contributed by atoms with E-state index in [1.807, 2.05) is 18.2 Å². The molecule has 0 bridgehead atoms. The zero-order valence-corrected chi connectivity index (χ0v) is 44.4. The summed E-state index contributed by atoms with van der Waals surface area (Å²) in [6.07, 6.45) is 6.65. The maximum Gasteiger partial charge on any atom is 0.268 e. The van der Waals surface area contributed by atoms with Gasteiger partial charge in [0, 0.05) is 49.8 Å². The molecule has 364 valence electrons. The number of ether oxygens (including phenoxy) is 1. The van der Waals surface area contributed by atoms with Gasteiger partial charge < -0.3 is 13.9 Å². The minimum absolute atomic E-state index is 0. The molecule has 0 N–H and O–H groups in total. The fraction of sp³-hybridized carbons (Fsp3) is 0.118. The van der Waals surface area contributed by atoms with Crippen molar-refractivity contribution in [1.29, 1.82) is 0 Å². The topological polar surface area (TPSA) is 35.9 Å². The molecule has 0 saturated carbocycles. The zero-order chi connectivity index (χ0) is 49.7. The van der Waals surface area contributed by atoms with Crippen LogP contribution >= 0.6 is 0 Å². The van der Waals surface area contributed by atoms with Crippen LogP contribution in [0.2, 0.25) is 0 Å². The molecular formula is C68H54N4OPt-2. The molecule has 0 saturated heterocycles. The summed E-state index contributed by atoms with van der Waals surface area (Å²) in [5, 5.41) is 2.22. The Labute approximate surface area is 448 Å². The van der Waals surface area contributed by atoms with Crippen LogP contribution in [0, 0.1) is 18.5 Å². The van der Waals surface area contributed by atoms with E-state index in [1.54, 1.807) is 0 Å². The molecule has 0 atom stereocenters. The van der Waals surface area contributed by atoms with Crippen LogP contribution in [0.3, 0.4) is 0 Å². The van der Waals surface area contributed by atoms with Crippen LogP contribution in [-0.4, -0.2) is 14.1 Å². The van der Waals surface area contributed by atoms with E-state index in [0.717, 1.165) is 89.8 Å². The second kappa shape index (κ2) is 19.7. The molecule has 6 heteroatoms. The van der Waals surface area contributed by atoms with Gasteiger partial charge in [-0.25, -0.2) is 4.98 Å². The van der Waals surface area contributed by atoms with Crippen molar-refractivity contribution in [2.45, 2.75) is 51.9 Å². The first-order valence-electron chi connectivity index (χ1n) is 25.1. The Morgan fingerprint density at radius 2 is 1.11 bits per heavy atom. The van der Waals surface area contributed by atoms with Crippen molar-refractivity contribution < 1.29 is 30.4 Å². The molecule has 74 heavy (non-hydrogen) atoms. The molecule has 12 aromatic rings. The monoisotopic (exact) mass is 1140 g/mol. The fourth-order valence-electron chi connectivity index (χ4n) is 10.4. The van der Waals surface area contributed by atoms with Crippen molar-refractivity contribution in [2.24, 2.45) is 0 Å². The van der Waals surface area contributed by atoms with Gasteiger partial charge in [0.1, 0.15) is 5.82 Å². The Hall–Kier alpha value is -8.11. The molecular weight excluding hydrogens is 1080 g/mol. The molecule has 3 heterocycles. The number of nitrogens with zero attached hydrogens (tertiary/aromatic N) is 4. The van der Waals surface area contributed by atoms with E-state index < -0.39 is 0 Å². The summed E-state index contributed by atoms with van der Waals surface area (Å²) in [6.45, 7) is 11.5. The van der Waals surface area contributed by atoms with Gasteiger partial charge in [0.15, 0.2) is 0 Å². The molecule has 0 aliphatic carbocycles. The fourth-order valence-corrected chi connectivity index (χ4v) is 10.4. The number of rotatable bonds is 11. The first-order valence-corrected chi connectivity index (χ1v) is 25.1. The van der Waals surface area contributed by atoms with E-state index in [0.29, 0.717) is 11.5 Å². The quantitative estimate of drug-likeness (QED) is 0.0956. The smallest absolute Gasteiger partial charge is 0.268 e. The Kier molecular flexibility index (Phi) is 12.8. The number of hydrogen-bond donors (Lipinski definition) is 0. The molecule has 0 aliphatic heterocycles. The van der Waals surface area contributed by atoms with Crippen LogP contribution in [-0.2, 0) is 38.3 Å². The summed E-state index contributed by atoms with van der Waals surface area (Å²) < 4.78 is 13.3. The third-order valence-electron chi connectivity index (χ3n) is 14.2. The van der Waals surface area contributed by atoms with Crippen molar-refractivity contribution in [3.63, 3.8) is 0 Å². The number of hydrogen-bond acceptors (Lipinski definition) is 2. The van der Waals surface area contributed by atoms with E-state index in [9.17, 15) is 0 Å². The maximum atomic E-state index is 6.81. The van der Waals surface area contributed by atoms with Crippen molar-refractivity contribution in [3.8, 4) is 62.1 Å². The SMILES string of the molecule is CC(C)(C)c1ccc2c(c1)c1ccc(Oc3[c-]c(-n4[c-][n+](-c5c(-c6ccccc6)cccc5-c5ccccc5)c5ccccc54)ccc3)[c-]c1n2-c1cc(CC(C)(C)c2ccccc2)c(-c2ccccc2)cn1.[Pt]. The Morgan fingerprint density at radius 3 is 1.77 bits per heavy atom. The molecule has 0 unspecified atom stereocenters. The molecule has 9 aromatic carbocycles. The molecule has 3 aromatic heterocycles. The van der Waals surface area contributed by atoms with Crippen LogP contribution in [0.5, 0.6) is 11.5 Å². The third-order valence-corrected chi connectivity index (χ3v) is 14.2. The van der Waals surface area contributed by atoms with Gasteiger partial charge in [-0.15, -0.1) is 29.7 Å². The van der Waals surface area contributed by atoms with Crippen LogP contribution < -0.4 is 9.30 Å². The van der Waals surface area contributed by atoms with Crippen LogP contribution in [0.1, 0.15) is 51.3 Å². The average molecular weight is 1140 g/mol. The zero-order valence-electron chi connectivity index (χ0n) is 42.1. The number of imidazole rings is 1. The van der Waals surface area contributed by atoms with E-state index >= 15 is 0 Å². The summed E-state index contributed by atoms with van der Waals surface area (Å²) in [5.41, 5.74) is 16.1. The van der Waals surface area contributed by atoms with Crippen molar-refractivity contribution in [3.05, 3.63) is 260 Å². The van der Waals surface area contributed by atoms with Gasteiger partial charge in [-0.05, 0) is 85.0 Å². The van der Waals surface area contributed by atoms with Crippen LogP contribution in [0.15, 0.2) is 225 Å². The van der Waals surface area contributed by atoms with Gasteiger partial charge >= 0.3 is 0 Å². The predicted octanol–water partition coefficient (Wildman–Crippen LogP) is 16.4. The molecule has 5 nitrogen and oxygen atoms in total. The van der Waals surface area contributed by atoms with E-state index in [-0.39, 0.29) is 31.9 Å². The van der Waals surface area contributed by atoms with Crippen molar-refractivity contribution in [2.75, 3.05) is 0 Å². The number of fused-ring (bicyclic) bond motifs is 4. The third kappa shape index (κ3) is 9.07. The van der Waals surface area contributed by atoms with Gasteiger partial charge in [0.25, 0.3) is 6.33 Å². The maximum absolute atomic E-state index is 6.81. The van der Waals surface area contributed by atoms with Gasteiger partial charge in [0.05, 0.1) is 16.7 Å². The molecule has 0 fully saturated rings. The van der Waals surface area contributed by atoms with Crippen molar-refractivity contribution >= 4 is 32.8 Å². The first-order chi connectivity index (χ1) is 35.6.